The van der Waals surface area contributed by atoms with Crippen molar-refractivity contribution in [2.45, 2.75) is 32.5 Å². The number of nitrogens with zero attached hydrogens (tertiary/aromatic N) is 4. The van der Waals surface area contributed by atoms with Crippen molar-refractivity contribution < 1.29 is 18.7 Å². The molecular weight excluding hydrogens is 426 g/mol. The van der Waals surface area contributed by atoms with E-state index in [1.807, 2.05) is 0 Å². The van der Waals surface area contributed by atoms with Gasteiger partial charge in [-0.25, -0.2) is 8.78 Å². The van der Waals surface area contributed by atoms with Crippen LogP contribution < -0.4 is 0 Å². The summed E-state index contributed by atoms with van der Waals surface area (Å²) in [6.45, 7) is 3.31. The number of pyridine rings is 1. The van der Waals surface area contributed by atoms with Crippen LogP contribution in [0.1, 0.15) is 41.0 Å². The largest absolute Gasteiger partial charge is 0.386 e. The van der Waals surface area contributed by atoms with Crippen molar-refractivity contribution in [2.75, 3.05) is 0 Å². The highest BCUT2D eigenvalue weighted by atomic mass is 19.1. The summed E-state index contributed by atoms with van der Waals surface area (Å²) in [5, 5.41) is 15.8. The number of aromatic nitrogens is 3. The van der Waals surface area contributed by atoms with Gasteiger partial charge in [0, 0.05) is 36.0 Å². The fourth-order valence-corrected chi connectivity index (χ4v) is 4.31. The number of amides is 1. The van der Waals surface area contributed by atoms with E-state index in [2.05, 4.69) is 10.1 Å². The lowest BCUT2D eigenvalue weighted by Gasteiger charge is -2.20. The minimum Gasteiger partial charge on any atom is -0.386 e. The number of fused-ring (bicyclic) bond motifs is 2. The van der Waals surface area contributed by atoms with Gasteiger partial charge >= 0.3 is 0 Å². The highest BCUT2D eigenvalue weighted by molar-refractivity contribution is 5.97. The third-order valence-electron chi connectivity index (χ3n) is 5.95. The van der Waals surface area contributed by atoms with Gasteiger partial charge in [0.2, 0.25) is 0 Å². The molecule has 6 nitrogen and oxygen atoms in total. The van der Waals surface area contributed by atoms with Gasteiger partial charge in [-0.05, 0) is 61.4 Å². The van der Waals surface area contributed by atoms with Crippen LogP contribution in [0.3, 0.4) is 0 Å². The van der Waals surface area contributed by atoms with Crippen LogP contribution in [0.4, 0.5) is 8.78 Å². The third kappa shape index (κ3) is 3.66. The SMILES string of the molecule is Cn1cc2cc(-c3cc(F)c(CN4Cc5ncccc5C4=O)c(F)c3)cc(C(C)(C)O)c2n1. The standard InChI is InChI=1S/C25H22F2N4O2/c1-25(2,33)19-8-14(7-16-11-30(3)29-23(16)19)15-9-20(26)18(21(27)10-15)12-31-13-22-17(24(31)32)5-4-6-28-22/h4-11,33H,12-13H2,1-3H3. The summed E-state index contributed by atoms with van der Waals surface area (Å²) in [5.41, 5.74) is 1.78. The number of aliphatic hydroxyl groups is 1. The van der Waals surface area contributed by atoms with Crippen LogP contribution in [-0.4, -0.2) is 30.7 Å². The molecule has 1 aliphatic heterocycles. The summed E-state index contributed by atoms with van der Waals surface area (Å²) in [4.78, 5) is 18.1. The second-order valence-corrected chi connectivity index (χ2v) is 8.90. The summed E-state index contributed by atoms with van der Waals surface area (Å²) < 4.78 is 31.8. The Hall–Kier alpha value is -3.65. The molecule has 3 heterocycles. The van der Waals surface area contributed by atoms with Gasteiger partial charge in [0.1, 0.15) is 11.6 Å². The summed E-state index contributed by atoms with van der Waals surface area (Å²) >= 11 is 0. The maximum atomic E-state index is 15.1. The molecule has 0 unspecified atom stereocenters. The first-order chi connectivity index (χ1) is 15.6. The molecule has 5 rings (SSSR count). The molecule has 2 aromatic heterocycles. The number of hydrogen-bond donors (Lipinski definition) is 1. The van der Waals surface area contributed by atoms with Crippen molar-refractivity contribution in [1.82, 2.24) is 19.7 Å². The number of benzene rings is 2. The Balaban J connectivity index is 1.52. The van der Waals surface area contributed by atoms with Gasteiger partial charge in [-0.15, -0.1) is 0 Å². The number of carbonyl (C=O) groups is 1. The van der Waals surface area contributed by atoms with E-state index < -0.39 is 17.2 Å². The van der Waals surface area contributed by atoms with Gasteiger partial charge in [-0.2, -0.15) is 5.10 Å². The quantitative estimate of drug-likeness (QED) is 0.506. The van der Waals surface area contributed by atoms with Gasteiger partial charge in [-0.3, -0.25) is 14.5 Å². The maximum Gasteiger partial charge on any atom is 0.256 e. The van der Waals surface area contributed by atoms with E-state index in [1.165, 1.54) is 17.0 Å². The molecule has 0 radical (unpaired) electrons. The van der Waals surface area contributed by atoms with Crippen LogP contribution >= 0.6 is 0 Å². The lowest BCUT2D eigenvalue weighted by molar-refractivity contribution is 0.0762. The smallest absolute Gasteiger partial charge is 0.256 e. The summed E-state index contributed by atoms with van der Waals surface area (Å²) in [5.74, 6) is -1.77. The van der Waals surface area contributed by atoms with Crippen molar-refractivity contribution in [1.29, 1.82) is 0 Å². The van der Waals surface area contributed by atoms with Crippen LogP contribution in [0.25, 0.3) is 22.0 Å². The minimum atomic E-state index is -1.20. The van der Waals surface area contributed by atoms with Crippen LogP contribution in [0.15, 0.2) is 48.8 Å². The fraction of sp³-hybridized carbons (Fsp3) is 0.240. The van der Waals surface area contributed by atoms with Crippen molar-refractivity contribution >= 4 is 16.8 Å². The van der Waals surface area contributed by atoms with Crippen LogP contribution in [0.2, 0.25) is 0 Å². The first-order valence-corrected chi connectivity index (χ1v) is 10.5. The average Bonchev–Trinajstić information content (AvgIpc) is 3.28. The first kappa shape index (κ1) is 21.2. The van der Waals surface area contributed by atoms with Gasteiger partial charge in [-0.1, -0.05) is 0 Å². The minimum absolute atomic E-state index is 0.176. The van der Waals surface area contributed by atoms with Crippen molar-refractivity contribution in [3.63, 3.8) is 0 Å². The van der Waals surface area contributed by atoms with Gasteiger partial charge in [0.05, 0.1) is 35.5 Å². The Bertz CT molecular complexity index is 1400. The molecule has 0 saturated heterocycles. The van der Waals surface area contributed by atoms with E-state index in [0.29, 0.717) is 33.5 Å². The molecule has 0 atom stereocenters. The molecule has 0 bridgehead atoms. The predicted octanol–water partition coefficient (Wildman–Crippen LogP) is 4.30. The Morgan fingerprint density at radius 1 is 1.12 bits per heavy atom. The molecule has 1 N–H and O–H groups in total. The van der Waals surface area contributed by atoms with E-state index in [0.717, 1.165) is 5.39 Å². The lowest BCUT2D eigenvalue weighted by Crippen LogP contribution is -2.24. The normalized spacial score (nSPS) is 13.8. The first-order valence-electron chi connectivity index (χ1n) is 10.5. The molecule has 4 aromatic rings. The topological polar surface area (TPSA) is 71.2 Å². The Morgan fingerprint density at radius 2 is 1.82 bits per heavy atom. The number of aryl methyl sites for hydroxylation is 1. The summed E-state index contributed by atoms with van der Waals surface area (Å²) in [6, 6.07) is 9.34. The monoisotopic (exact) mass is 448 g/mol. The highest BCUT2D eigenvalue weighted by Crippen LogP contribution is 2.34. The maximum absolute atomic E-state index is 15.1. The van der Waals surface area contributed by atoms with E-state index in [-0.39, 0.29) is 24.6 Å². The zero-order chi connectivity index (χ0) is 23.5. The second kappa shape index (κ2) is 7.45. The molecular formula is C25H22F2N4O2. The van der Waals surface area contributed by atoms with E-state index >= 15 is 8.78 Å². The zero-order valence-corrected chi connectivity index (χ0v) is 18.4. The molecule has 168 valence electrons. The van der Waals surface area contributed by atoms with Gasteiger partial charge < -0.3 is 10.0 Å². The van der Waals surface area contributed by atoms with Crippen molar-refractivity contribution in [2.24, 2.45) is 7.05 Å². The van der Waals surface area contributed by atoms with Crippen molar-refractivity contribution in [3.05, 3.63) is 82.8 Å². The molecule has 0 aliphatic carbocycles. The lowest BCUT2D eigenvalue weighted by atomic mass is 9.91. The van der Waals surface area contributed by atoms with Crippen LogP contribution in [-0.2, 0) is 25.7 Å². The highest BCUT2D eigenvalue weighted by Gasteiger charge is 2.30. The number of carbonyl (C=O) groups excluding carboxylic acids is 1. The molecule has 1 amide bonds. The van der Waals surface area contributed by atoms with Crippen LogP contribution in [0, 0.1) is 11.6 Å². The van der Waals surface area contributed by atoms with Gasteiger partial charge in [0.25, 0.3) is 5.91 Å². The molecule has 1 aliphatic rings. The van der Waals surface area contributed by atoms with E-state index in [4.69, 9.17) is 0 Å². The fourth-order valence-electron chi connectivity index (χ4n) is 4.31. The summed E-state index contributed by atoms with van der Waals surface area (Å²) in [7, 11) is 1.77. The molecule has 0 spiro atoms. The summed E-state index contributed by atoms with van der Waals surface area (Å²) in [6.07, 6.45) is 3.38. The number of rotatable bonds is 4. The number of hydrogen-bond acceptors (Lipinski definition) is 4. The molecule has 0 saturated carbocycles. The van der Waals surface area contributed by atoms with Crippen LogP contribution in [0.5, 0.6) is 0 Å². The van der Waals surface area contributed by atoms with Gasteiger partial charge in [0.15, 0.2) is 0 Å². The van der Waals surface area contributed by atoms with E-state index in [9.17, 15) is 9.90 Å². The predicted molar refractivity (Wildman–Crippen MR) is 119 cm³/mol. The molecule has 2 aromatic carbocycles. The average molecular weight is 448 g/mol. The molecule has 0 fully saturated rings. The molecule has 8 heteroatoms. The Labute approximate surface area is 189 Å². The molecule has 33 heavy (non-hydrogen) atoms. The Morgan fingerprint density at radius 3 is 2.48 bits per heavy atom. The zero-order valence-electron chi connectivity index (χ0n) is 18.4. The third-order valence-corrected chi connectivity index (χ3v) is 5.95. The Kier molecular flexibility index (Phi) is 4.79. The van der Waals surface area contributed by atoms with Crippen molar-refractivity contribution in [3.8, 4) is 11.1 Å². The van der Waals surface area contributed by atoms with E-state index in [1.54, 1.807) is 62.2 Å². The number of halogens is 2. The second-order valence-electron chi connectivity index (χ2n) is 8.90.